The van der Waals surface area contributed by atoms with Gasteiger partial charge in [-0.2, -0.15) is 0 Å². The molecule has 0 saturated carbocycles. The summed E-state index contributed by atoms with van der Waals surface area (Å²) in [5.74, 6) is 0. The van der Waals surface area contributed by atoms with Gasteiger partial charge >= 0.3 is 0 Å². The number of hydrogen-bond acceptors (Lipinski definition) is 1. The molecule has 0 aliphatic heterocycles. The van der Waals surface area contributed by atoms with Gasteiger partial charge in [-0.25, -0.2) is 0 Å². The molecule has 214 valence electrons. The lowest BCUT2D eigenvalue weighted by Crippen LogP contribution is -1.90. The summed E-state index contributed by atoms with van der Waals surface area (Å²) in [4.78, 5) is 4.76. The summed E-state index contributed by atoms with van der Waals surface area (Å²) in [5.41, 5.74) is 9.97. The van der Waals surface area contributed by atoms with Gasteiger partial charge in [0.1, 0.15) is 0 Å². The van der Waals surface area contributed by atoms with Gasteiger partial charge in [0, 0.05) is 11.8 Å². The Labute approximate surface area is 267 Å². The van der Waals surface area contributed by atoms with Gasteiger partial charge in [0.25, 0.3) is 0 Å². The predicted molar refractivity (Wildman–Crippen MR) is 197 cm³/mol. The molecule has 10 aromatic rings. The van der Waals surface area contributed by atoms with E-state index in [0.29, 0.717) is 0 Å². The van der Waals surface area contributed by atoms with Crippen LogP contribution in [0.5, 0.6) is 0 Å². The molecule has 0 aliphatic carbocycles. The van der Waals surface area contributed by atoms with E-state index in [1.807, 2.05) is 12.3 Å². The third kappa shape index (κ3) is 3.32. The molecule has 0 atom stereocenters. The van der Waals surface area contributed by atoms with E-state index >= 15 is 0 Å². The Bertz CT molecular complexity index is 2770. The van der Waals surface area contributed by atoms with E-state index in [-0.39, 0.29) is 0 Å². The first kappa shape index (κ1) is 25.5. The first-order valence-electron chi connectivity index (χ1n) is 16.1. The Kier molecular flexibility index (Phi) is 5.19. The molecule has 0 fully saturated rings. The molecule has 1 heteroatoms. The Morgan fingerprint density at radius 3 is 1.83 bits per heavy atom. The molecule has 0 bridgehead atoms. The molecule has 0 amide bonds. The number of hydrogen-bond donors (Lipinski definition) is 0. The third-order valence-electron chi connectivity index (χ3n) is 10.2. The first-order valence-corrected chi connectivity index (χ1v) is 16.1. The van der Waals surface area contributed by atoms with Crippen LogP contribution in [0.25, 0.3) is 98.1 Å². The van der Waals surface area contributed by atoms with Crippen molar-refractivity contribution in [2.45, 2.75) is 13.8 Å². The number of fused-ring (bicyclic) bond motifs is 7. The van der Waals surface area contributed by atoms with Crippen molar-refractivity contribution in [1.29, 1.82) is 0 Å². The Morgan fingerprint density at radius 1 is 0.370 bits per heavy atom. The molecule has 1 heterocycles. The van der Waals surface area contributed by atoms with Crippen molar-refractivity contribution in [3.63, 3.8) is 0 Å². The second-order valence-corrected chi connectivity index (χ2v) is 12.7. The number of nitrogens with zero attached hydrogens (tertiary/aromatic N) is 1. The predicted octanol–water partition coefficient (Wildman–Crippen LogP) is 12.5. The Morgan fingerprint density at radius 2 is 1.02 bits per heavy atom. The van der Waals surface area contributed by atoms with Crippen LogP contribution in [-0.4, -0.2) is 4.98 Å². The van der Waals surface area contributed by atoms with Crippen LogP contribution in [-0.2, 0) is 0 Å². The minimum atomic E-state index is 1.01. The van der Waals surface area contributed by atoms with E-state index in [4.69, 9.17) is 4.98 Å². The number of benzene rings is 7. The molecular weight excluding hydrogens is 555 g/mol. The summed E-state index contributed by atoms with van der Waals surface area (Å²) in [5, 5.41) is 15.9. The van der Waals surface area contributed by atoms with Crippen molar-refractivity contribution in [3.8, 4) is 33.5 Å². The number of pyridine rings is 1. The van der Waals surface area contributed by atoms with E-state index in [0.717, 1.165) is 5.69 Å². The molecule has 0 spiro atoms. The fraction of sp³-hybridized carbons (Fsp3) is 0.0444. The highest BCUT2D eigenvalue weighted by Gasteiger charge is 2.26. The molecule has 0 aliphatic rings. The van der Waals surface area contributed by atoms with Crippen molar-refractivity contribution in [2.75, 3.05) is 0 Å². The second kappa shape index (κ2) is 9.36. The van der Waals surface area contributed by atoms with E-state index in [1.54, 1.807) is 0 Å². The van der Waals surface area contributed by atoms with Crippen LogP contribution in [0.2, 0.25) is 0 Å². The lowest BCUT2D eigenvalue weighted by molar-refractivity contribution is 1.33. The number of aromatic nitrogens is 1. The van der Waals surface area contributed by atoms with E-state index in [9.17, 15) is 0 Å². The van der Waals surface area contributed by atoms with Crippen LogP contribution in [0, 0.1) is 13.8 Å². The van der Waals surface area contributed by atoms with Gasteiger partial charge in [0.2, 0.25) is 0 Å². The SMILES string of the molecule is Cc1cccc(C)c1-c1cc2c(-c3ccccc3)c3c4ccc(-c5ccccn5)c5cccc(c54)c3c3c4ccccc4c(c1)c23. The summed E-state index contributed by atoms with van der Waals surface area (Å²) >= 11 is 0. The van der Waals surface area contributed by atoms with Crippen LogP contribution in [0.1, 0.15) is 11.1 Å². The second-order valence-electron chi connectivity index (χ2n) is 12.7. The quantitative estimate of drug-likeness (QED) is 0.202. The Balaban J connectivity index is 1.51. The standard InChI is InChI=1S/C45H29N/c1-26-12-10-13-27(2)39(26)29-24-36-30-16-6-7-17-32(30)43-42(36)37(25-29)40(28-14-4-3-5-15-28)44-35-22-21-31(38-20-8-9-23-46-38)33-18-11-19-34(41(33)35)45(43)44/h3-25H,1-2H3. The lowest BCUT2D eigenvalue weighted by Gasteiger charge is -2.16. The molecule has 1 nitrogen and oxygen atoms in total. The van der Waals surface area contributed by atoms with Crippen LogP contribution >= 0.6 is 0 Å². The molecule has 0 unspecified atom stereocenters. The molecule has 1 aromatic heterocycles. The smallest absolute Gasteiger partial charge is 0.0708 e. The van der Waals surface area contributed by atoms with Crippen molar-refractivity contribution in [3.05, 3.63) is 151 Å². The highest BCUT2D eigenvalue weighted by atomic mass is 14.7. The summed E-state index contributed by atoms with van der Waals surface area (Å²) in [6.45, 7) is 4.48. The highest BCUT2D eigenvalue weighted by molar-refractivity contribution is 6.48. The first-order chi connectivity index (χ1) is 22.7. The minimum absolute atomic E-state index is 1.01. The molecule has 10 rings (SSSR count). The highest BCUT2D eigenvalue weighted by Crippen LogP contribution is 2.54. The monoisotopic (exact) mass is 583 g/mol. The zero-order valence-corrected chi connectivity index (χ0v) is 25.7. The average molecular weight is 584 g/mol. The summed E-state index contributed by atoms with van der Waals surface area (Å²) < 4.78 is 0. The maximum absolute atomic E-state index is 4.76. The van der Waals surface area contributed by atoms with Crippen molar-refractivity contribution in [2.24, 2.45) is 0 Å². The van der Waals surface area contributed by atoms with Gasteiger partial charge < -0.3 is 0 Å². The van der Waals surface area contributed by atoms with Gasteiger partial charge in [-0.15, -0.1) is 0 Å². The molecule has 0 N–H and O–H groups in total. The van der Waals surface area contributed by atoms with Gasteiger partial charge in [0.15, 0.2) is 0 Å². The van der Waals surface area contributed by atoms with E-state index < -0.39 is 0 Å². The van der Waals surface area contributed by atoms with Gasteiger partial charge in [0.05, 0.1) is 5.69 Å². The zero-order valence-electron chi connectivity index (χ0n) is 25.7. The zero-order chi connectivity index (χ0) is 30.5. The van der Waals surface area contributed by atoms with Crippen molar-refractivity contribution < 1.29 is 0 Å². The normalized spacial score (nSPS) is 12.1. The van der Waals surface area contributed by atoms with Crippen molar-refractivity contribution in [1.82, 2.24) is 4.98 Å². The van der Waals surface area contributed by atoms with Crippen LogP contribution in [0.15, 0.2) is 140 Å². The topological polar surface area (TPSA) is 12.9 Å². The summed E-state index contributed by atoms with van der Waals surface area (Å²) in [7, 11) is 0. The van der Waals surface area contributed by atoms with Crippen LogP contribution in [0.3, 0.4) is 0 Å². The number of rotatable bonds is 3. The van der Waals surface area contributed by atoms with Gasteiger partial charge in [-0.3, -0.25) is 4.98 Å². The maximum atomic E-state index is 4.76. The molecule has 9 aromatic carbocycles. The van der Waals surface area contributed by atoms with Gasteiger partial charge in [-0.1, -0.05) is 109 Å². The fourth-order valence-electron chi connectivity index (χ4n) is 8.46. The van der Waals surface area contributed by atoms with Gasteiger partial charge in [-0.05, 0) is 136 Å². The van der Waals surface area contributed by atoms with Crippen LogP contribution in [0.4, 0.5) is 0 Å². The average Bonchev–Trinajstić information content (AvgIpc) is 3.60. The van der Waals surface area contributed by atoms with Crippen LogP contribution < -0.4 is 0 Å². The third-order valence-corrected chi connectivity index (χ3v) is 10.2. The largest absolute Gasteiger partial charge is 0.256 e. The van der Waals surface area contributed by atoms with E-state index in [1.165, 1.54) is 104 Å². The fourth-order valence-corrected chi connectivity index (χ4v) is 8.46. The van der Waals surface area contributed by atoms with E-state index in [2.05, 4.69) is 141 Å². The molecule has 46 heavy (non-hydrogen) atoms. The maximum Gasteiger partial charge on any atom is 0.0708 e. The summed E-state index contributed by atoms with van der Waals surface area (Å²) in [6, 6.07) is 49.3. The van der Waals surface area contributed by atoms with Crippen molar-refractivity contribution >= 4 is 64.6 Å². The Hall–Kier alpha value is -5.79. The molecule has 0 radical (unpaired) electrons. The molecule has 0 saturated heterocycles. The number of aryl methyl sites for hydroxylation is 2. The minimum Gasteiger partial charge on any atom is -0.256 e. The lowest BCUT2D eigenvalue weighted by atomic mass is 9.87. The summed E-state index contributed by atoms with van der Waals surface area (Å²) in [6.07, 6.45) is 1.89. The molecular formula is C45H29N.